The summed E-state index contributed by atoms with van der Waals surface area (Å²) in [5.41, 5.74) is -0.153. The highest BCUT2D eigenvalue weighted by molar-refractivity contribution is 6.38. The van der Waals surface area contributed by atoms with E-state index in [0.717, 1.165) is 34.4 Å². The summed E-state index contributed by atoms with van der Waals surface area (Å²) in [5, 5.41) is 20.1. The predicted octanol–water partition coefficient (Wildman–Crippen LogP) is 8.29. The SMILES string of the molecule is C=C(C)[C@@H](CC=C(C)C)C[C@]12C[C@H](CC=C(C)C)C(C)(C)[C@](CC=C(C)C)(C(=O)C(C(=O)c3ccc(O)c(O)c3)C1=O)C2=O. The lowest BCUT2D eigenvalue weighted by Gasteiger charge is -2.61. The molecule has 3 rings (SSSR count). The van der Waals surface area contributed by atoms with Gasteiger partial charge in [0, 0.05) is 5.56 Å². The molecule has 0 radical (unpaired) electrons. The number of benzene rings is 1. The van der Waals surface area contributed by atoms with Gasteiger partial charge in [-0.3, -0.25) is 19.2 Å². The number of hydrogen-bond acceptors (Lipinski definition) is 6. The molecule has 1 aromatic rings. The highest BCUT2D eigenvalue weighted by Crippen LogP contribution is 2.66. The van der Waals surface area contributed by atoms with E-state index in [9.17, 15) is 24.6 Å². The van der Waals surface area contributed by atoms with Crippen molar-refractivity contribution in [2.75, 3.05) is 0 Å². The summed E-state index contributed by atoms with van der Waals surface area (Å²) in [6.07, 6.45) is 7.74. The summed E-state index contributed by atoms with van der Waals surface area (Å²) < 4.78 is 0. The number of phenolic OH excluding ortho intramolecular Hbond substituents is 2. The Labute approximate surface area is 263 Å². The fraction of sp³-hybridized carbons (Fsp3) is 0.526. The number of Topliss-reactive ketones (excluding diaryl/α,β-unsaturated/α-hetero) is 4. The summed E-state index contributed by atoms with van der Waals surface area (Å²) in [5.74, 6) is -5.51. The van der Waals surface area contributed by atoms with Crippen LogP contribution in [0.3, 0.4) is 0 Å². The van der Waals surface area contributed by atoms with Crippen LogP contribution in [0.25, 0.3) is 0 Å². The lowest BCUT2D eigenvalue weighted by molar-refractivity contribution is -0.184. The molecule has 6 heteroatoms. The molecule has 44 heavy (non-hydrogen) atoms. The zero-order valence-corrected chi connectivity index (χ0v) is 28.0. The fourth-order valence-corrected chi connectivity index (χ4v) is 7.29. The number of phenols is 2. The zero-order chi connectivity index (χ0) is 33.4. The maximum atomic E-state index is 15.2. The molecule has 0 spiro atoms. The molecule has 0 aromatic heterocycles. The highest BCUT2D eigenvalue weighted by atomic mass is 16.3. The number of fused-ring (bicyclic) bond motifs is 2. The molecule has 0 amide bonds. The van der Waals surface area contributed by atoms with Crippen molar-refractivity contribution in [2.45, 2.75) is 94.4 Å². The third-order valence-corrected chi connectivity index (χ3v) is 10.2. The molecule has 2 fully saturated rings. The smallest absolute Gasteiger partial charge is 0.181 e. The number of ketones is 4. The first-order valence-corrected chi connectivity index (χ1v) is 15.6. The van der Waals surface area contributed by atoms with Gasteiger partial charge in [0.1, 0.15) is 5.92 Å². The zero-order valence-electron chi connectivity index (χ0n) is 28.0. The standard InChI is InChI=1S/C38H50O6/c1-22(2)11-13-27(25(7)8)20-37-21-28(15-12-23(3)4)36(9,10)38(35(37)44,18-17-24(5)6)34(43)31(33(37)42)32(41)26-14-16-29(39)30(40)19-26/h11-12,14,16-17,19,27-28,31,39-40H,7,13,15,18,20-21H2,1-6,8-10H3/t27-,28-,31?,37-,38+/m0/s1. The van der Waals surface area contributed by atoms with E-state index in [-0.39, 0.29) is 42.4 Å². The lowest BCUT2D eigenvalue weighted by Crippen LogP contribution is -2.72. The second-order valence-electron chi connectivity index (χ2n) is 14.4. The molecule has 0 heterocycles. The van der Waals surface area contributed by atoms with Gasteiger partial charge in [0.05, 0.1) is 10.8 Å². The summed E-state index contributed by atoms with van der Waals surface area (Å²) in [6.45, 7) is 21.8. The number of carbonyl (C=O) groups is 4. The molecule has 0 aliphatic heterocycles. The molecule has 0 saturated heterocycles. The quantitative estimate of drug-likeness (QED) is 0.114. The second-order valence-corrected chi connectivity index (χ2v) is 14.4. The highest BCUT2D eigenvalue weighted by Gasteiger charge is 2.75. The molecule has 6 nitrogen and oxygen atoms in total. The van der Waals surface area contributed by atoms with Crippen molar-refractivity contribution >= 4 is 23.1 Å². The van der Waals surface area contributed by atoms with Gasteiger partial charge in [-0.1, -0.05) is 60.9 Å². The fourth-order valence-electron chi connectivity index (χ4n) is 7.29. The van der Waals surface area contributed by atoms with Gasteiger partial charge in [-0.05, 0) is 116 Å². The monoisotopic (exact) mass is 602 g/mol. The van der Waals surface area contributed by atoms with Crippen LogP contribution in [0.15, 0.2) is 65.3 Å². The van der Waals surface area contributed by atoms with Crippen LogP contribution in [-0.4, -0.2) is 33.3 Å². The van der Waals surface area contributed by atoms with Crippen LogP contribution in [0.4, 0.5) is 0 Å². The summed E-state index contributed by atoms with van der Waals surface area (Å²) in [4.78, 5) is 59.1. The minimum Gasteiger partial charge on any atom is -0.504 e. The van der Waals surface area contributed by atoms with Gasteiger partial charge in [0.25, 0.3) is 0 Å². The van der Waals surface area contributed by atoms with E-state index in [0.29, 0.717) is 12.8 Å². The van der Waals surface area contributed by atoms with Crippen LogP contribution in [0.5, 0.6) is 11.5 Å². The Bertz CT molecular complexity index is 1460. The van der Waals surface area contributed by atoms with Gasteiger partial charge in [-0.2, -0.15) is 0 Å². The Morgan fingerprint density at radius 2 is 1.50 bits per heavy atom. The summed E-state index contributed by atoms with van der Waals surface area (Å²) in [6, 6.07) is 3.54. The number of carbonyl (C=O) groups excluding carboxylic acids is 4. The van der Waals surface area contributed by atoms with Crippen molar-refractivity contribution in [1.29, 1.82) is 0 Å². The Balaban J connectivity index is 2.39. The molecule has 238 valence electrons. The van der Waals surface area contributed by atoms with E-state index in [1.165, 1.54) is 6.07 Å². The molecule has 2 aliphatic rings. The Morgan fingerprint density at radius 3 is 2.02 bits per heavy atom. The number of hydrogen-bond donors (Lipinski definition) is 2. The second kappa shape index (κ2) is 12.8. The minimum atomic E-state index is -1.71. The normalized spacial score (nSPS) is 26.4. The molecular weight excluding hydrogens is 552 g/mol. The average Bonchev–Trinajstić information content (AvgIpc) is 2.91. The van der Waals surface area contributed by atoms with E-state index in [1.807, 2.05) is 68.4 Å². The minimum absolute atomic E-state index is 0.0631. The van der Waals surface area contributed by atoms with E-state index in [1.54, 1.807) is 0 Å². The van der Waals surface area contributed by atoms with Gasteiger partial charge in [-0.15, -0.1) is 0 Å². The van der Waals surface area contributed by atoms with Gasteiger partial charge in [0.15, 0.2) is 34.6 Å². The lowest BCUT2D eigenvalue weighted by atomic mass is 9.37. The summed E-state index contributed by atoms with van der Waals surface area (Å²) in [7, 11) is 0. The molecule has 2 saturated carbocycles. The third-order valence-electron chi connectivity index (χ3n) is 10.2. The number of aromatic hydroxyl groups is 2. The first-order chi connectivity index (χ1) is 20.3. The van der Waals surface area contributed by atoms with Gasteiger partial charge >= 0.3 is 0 Å². The Kier molecular flexibility index (Phi) is 10.2. The third kappa shape index (κ3) is 6.05. The van der Waals surface area contributed by atoms with Crippen molar-refractivity contribution in [2.24, 2.45) is 34.0 Å². The Morgan fingerprint density at radius 1 is 0.909 bits per heavy atom. The van der Waals surface area contributed by atoms with Crippen LogP contribution < -0.4 is 0 Å². The number of rotatable bonds is 11. The van der Waals surface area contributed by atoms with Gasteiger partial charge in [0.2, 0.25) is 0 Å². The van der Waals surface area contributed by atoms with Crippen molar-refractivity contribution in [3.05, 3.63) is 70.9 Å². The molecule has 2 N–H and O–H groups in total. The average molecular weight is 603 g/mol. The van der Waals surface area contributed by atoms with Crippen LogP contribution in [0.1, 0.15) is 105 Å². The topological polar surface area (TPSA) is 109 Å². The van der Waals surface area contributed by atoms with E-state index >= 15 is 4.79 Å². The van der Waals surface area contributed by atoms with E-state index in [2.05, 4.69) is 18.7 Å². The van der Waals surface area contributed by atoms with E-state index in [4.69, 9.17) is 0 Å². The maximum Gasteiger partial charge on any atom is 0.181 e. The van der Waals surface area contributed by atoms with Crippen molar-refractivity contribution in [3.8, 4) is 11.5 Å². The van der Waals surface area contributed by atoms with Crippen molar-refractivity contribution in [3.63, 3.8) is 0 Å². The van der Waals surface area contributed by atoms with Crippen molar-refractivity contribution < 1.29 is 29.4 Å². The Hall–Kier alpha value is -3.54. The first-order valence-electron chi connectivity index (χ1n) is 15.6. The van der Waals surface area contributed by atoms with Crippen LogP contribution in [-0.2, 0) is 14.4 Å². The first kappa shape index (κ1) is 34.9. The number of allylic oxidation sites excluding steroid dienone is 7. The summed E-state index contributed by atoms with van der Waals surface area (Å²) >= 11 is 0. The molecule has 5 atom stereocenters. The molecule has 1 unspecified atom stereocenters. The van der Waals surface area contributed by atoms with Crippen LogP contribution in [0, 0.1) is 34.0 Å². The predicted molar refractivity (Wildman–Crippen MR) is 174 cm³/mol. The molecule has 2 aliphatic carbocycles. The van der Waals surface area contributed by atoms with Crippen LogP contribution >= 0.6 is 0 Å². The van der Waals surface area contributed by atoms with E-state index < -0.39 is 51.0 Å². The van der Waals surface area contributed by atoms with Gasteiger partial charge < -0.3 is 10.2 Å². The van der Waals surface area contributed by atoms with Crippen molar-refractivity contribution in [1.82, 2.24) is 0 Å². The maximum absolute atomic E-state index is 15.2. The van der Waals surface area contributed by atoms with Gasteiger partial charge in [-0.25, -0.2) is 0 Å². The molecular formula is C38H50O6. The molecule has 1 aromatic carbocycles. The largest absolute Gasteiger partial charge is 0.504 e. The van der Waals surface area contributed by atoms with Crippen LogP contribution in [0.2, 0.25) is 0 Å². The molecule has 2 bridgehead atoms.